The van der Waals surface area contributed by atoms with E-state index in [-0.39, 0.29) is 12.1 Å². The predicted molar refractivity (Wildman–Crippen MR) is 119 cm³/mol. The number of nitrogens with zero attached hydrogens (tertiary/aromatic N) is 5. The first kappa shape index (κ1) is 20.4. The van der Waals surface area contributed by atoms with E-state index in [0.29, 0.717) is 17.8 Å². The summed E-state index contributed by atoms with van der Waals surface area (Å²) in [4.78, 5) is 11.9. The van der Waals surface area contributed by atoms with E-state index >= 15 is 0 Å². The van der Waals surface area contributed by atoms with Gasteiger partial charge in [-0.1, -0.05) is 26.0 Å². The third-order valence-corrected chi connectivity index (χ3v) is 5.69. The predicted octanol–water partition coefficient (Wildman–Crippen LogP) is 3.36. The van der Waals surface area contributed by atoms with Crippen molar-refractivity contribution in [2.24, 2.45) is 5.73 Å². The number of anilines is 2. The Balaban J connectivity index is 1.73. The summed E-state index contributed by atoms with van der Waals surface area (Å²) >= 11 is 0. The van der Waals surface area contributed by atoms with E-state index in [9.17, 15) is 0 Å². The summed E-state index contributed by atoms with van der Waals surface area (Å²) in [6.07, 6.45) is 3.98. The Bertz CT molecular complexity index is 1020. The Hall–Kier alpha value is -2.87. The minimum absolute atomic E-state index is 0.0152. The van der Waals surface area contributed by atoms with Crippen LogP contribution >= 0.6 is 0 Å². The van der Waals surface area contributed by atoms with Gasteiger partial charge >= 0.3 is 0 Å². The molecule has 3 heterocycles. The van der Waals surface area contributed by atoms with E-state index in [2.05, 4.69) is 42.2 Å². The lowest BCUT2D eigenvalue weighted by molar-refractivity contribution is 0.414. The van der Waals surface area contributed by atoms with Crippen LogP contribution in [0.5, 0.6) is 5.75 Å². The quantitative estimate of drug-likeness (QED) is 0.645. The van der Waals surface area contributed by atoms with Crippen molar-refractivity contribution in [2.45, 2.75) is 51.6 Å². The van der Waals surface area contributed by atoms with E-state index in [1.54, 1.807) is 11.6 Å². The molecule has 1 fully saturated rings. The fourth-order valence-corrected chi connectivity index (χ4v) is 3.90. The highest BCUT2D eigenvalue weighted by molar-refractivity contribution is 5.57. The second-order valence-electron chi connectivity index (χ2n) is 8.33. The molecule has 8 nitrogen and oxygen atoms in total. The van der Waals surface area contributed by atoms with Crippen molar-refractivity contribution in [3.8, 4) is 5.75 Å². The van der Waals surface area contributed by atoms with Crippen LogP contribution in [0, 0.1) is 0 Å². The zero-order valence-electron chi connectivity index (χ0n) is 18.2. The topological polar surface area (TPSA) is 93.6 Å². The molecule has 1 aliphatic heterocycles. The van der Waals surface area contributed by atoms with Crippen molar-refractivity contribution in [1.82, 2.24) is 19.6 Å². The van der Waals surface area contributed by atoms with Crippen molar-refractivity contribution in [3.63, 3.8) is 0 Å². The van der Waals surface area contributed by atoms with Crippen LogP contribution in [-0.2, 0) is 0 Å². The molecule has 1 aliphatic rings. The number of aromatic nitrogens is 4. The molecule has 1 aromatic carbocycles. The maximum absolute atomic E-state index is 6.21. The van der Waals surface area contributed by atoms with E-state index < -0.39 is 0 Å². The first-order chi connectivity index (χ1) is 14.5. The first-order valence-corrected chi connectivity index (χ1v) is 10.6. The maximum Gasteiger partial charge on any atom is 0.230 e. The van der Waals surface area contributed by atoms with Gasteiger partial charge in [0.1, 0.15) is 5.75 Å². The summed E-state index contributed by atoms with van der Waals surface area (Å²) in [7, 11) is 1.68. The smallest absolute Gasteiger partial charge is 0.230 e. The molecule has 0 saturated carbocycles. The van der Waals surface area contributed by atoms with E-state index in [1.807, 2.05) is 24.4 Å². The van der Waals surface area contributed by atoms with Crippen LogP contribution in [-0.4, -0.2) is 45.8 Å². The molecule has 0 spiro atoms. The number of hydrogen-bond acceptors (Lipinski definition) is 7. The molecule has 2 aromatic heterocycles. The number of methoxy groups -OCH3 is 1. The fourth-order valence-electron chi connectivity index (χ4n) is 3.90. The molecule has 0 amide bonds. The molecule has 3 N–H and O–H groups in total. The summed E-state index contributed by atoms with van der Waals surface area (Å²) < 4.78 is 7.18. The normalized spacial score (nSPS) is 18.1. The minimum Gasteiger partial charge on any atom is -0.497 e. The maximum atomic E-state index is 6.21. The average Bonchev–Trinajstić information content (AvgIpc) is 3.18. The largest absolute Gasteiger partial charge is 0.497 e. The molecule has 2 atom stereocenters. The molecular formula is C22H31N7O. The lowest BCUT2D eigenvalue weighted by Gasteiger charge is -2.31. The van der Waals surface area contributed by atoms with Crippen LogP contribution in [0.4, 0.5) is 11.9 Å². The summed E-state index contributed by atoms with van der Waals surface area (Å²) in [5.41, 5.74) is 9.27. The molecule has 2 unspecified atom stereocenters. The van der Waals surface area contributed by atoms with Crippen LogP contribution in [0.2, 0.25) is 0 Å². The molecule has 0 bridgehead atoms. The van der Waals surface area contributed by atoms with Gasteiger partial charge < -0.3 is 20.7 Å². The van der Waals surface area contributed by atoms with Gasteiger partial charge in [-0.15, -0.1) is 0 Å². The Morgan fingerprint density at radius 2 is 2.07 bits per heavy atom. The number of benzene rings is 1. The van der Waals surface area contributed by atoms with Crippen molar-refractivity contribution >= 4 is 17.5 Å². The summed E-state index contributed by atoms with van der Waals surface area (Å²) in [5.74, 6) is 2.53. The third kappa shape index (κ3) is 4.05. The van der Waals surface area contributed by atoms with Crippen molar-refractivity contribution < 1.29 is 4.74 Å². The number of rotatable bonds is 6. The Labute approximate surface area is 177 Å². The second-order valence-corrected chi connectivity index (χ2v) is 8.33. The van der Waals surface area contributed by atoms with Crippen LogP contribution in [0.3, 0.4) is 0 Å². The highest BCUT2D eigenvalue weighted by atomic mass is 16.5. The number of piperidine rings is 1. The van der Waals surface area contributed by atoms with Crippen molar-refractivity contribution in [3.05, 3.63) is 41.6 Å². The van der Waals surface area contributed by atoms with Gasteiger partial charge in [0.25, 0.3) is 0 Å². The molecular weight excluding hydrogens is 378 g/mol. The molecule has 8 heteroatoms. The number of nitrogens with two attached hydrogens (primary N) is 1. The number of fused-ring (bicyclic) bond motifs is 1. The van der Waals surface area contributed by atoms with Crippen molar-refractivity contribution in [1.29, 1.82) is 0 Å². The molecule has 4 rings (SSSR count). The number of ether oxygens (including phenoxy) is 1. The number of nitrogens with one attached hydrogen (secondary N) is 1. The van der Waals surface area contributed by atoms with Gasteiger partial charge in [-0.25, -0.2) is 0 Å². The van der Waals surface area contributed by atoms with Crippen LogP contribution in [0.15, 0.2) is 30.5 Å². The zero-order chi connectivity index (χ0) is 21.3. The lowest BCUT2D eigenvalue weighted by atomic mass is 10.1. The van der Waals surface area contributed by atoms with Crippen molar-refractivity contribution in [2.75, 3.05) is 30.4 Å². The minimum atomic E-state index is 0.0152. The third-order valence-electron chi connectivity index (χ3n) is 5.69. The highest BCUT2D eigenvalue weighted by Crippen LogP contribution is 2.27. The SMILES string of the molecule is COc1cccc(C(C)Nc2nc(N3CCCC(N)C3)nc3c(C(C)C)cnn23)c1. The van der Waals surface area contributed by atoms with Crippen LogP contribution in [0.1, 0.15) is 56.7 Å². The summed E-state index contributed by atoms with van der Waals surface area (Å²) in [5, 5.41) is 8.11. The van der Waals surface area contributed by atoms with Gasteiger partial charge in [0.2, 0.25) is 11.9 Å². The molecule has 30 heavy (non-hydrogen) atoms. The van der Waals surface area contributed by atoms with Gasteiger partial charge in [-0.2, -0.15) is 19.6 Å². The lowest BCUT2D eigenvalue weighted by Crippen LogP contribution is -2.43. The van der Waals surface area contributed by atoms with E-state index in [4.69, 9.17) is 20.4 Å². The van der Waals surface area contributed by atoms with Gasteiger partial charge in [-0.3, -0.25) is 0 Å². The Morgan fingerprint density at radius 1 is 1.23 bits per heavy atom. The molecule has 1 saturated heterocycles. The second kappa shape index (κ2) is 8.47. The van der Waals surface area contributed by atoms with Crippen LogP contribution in [0.25, 0.3) is 5.65 Å². The van der Waals surface area contributed by atoms with Gasteiger partial charge in [-0.05, 0) is 43.4 Å². The van der Waals surface area contributed by atoms with Crippen LogP contribution < -0.4 is 20.7 Å². The average molecular weight is 410 g/mol. The molecule has 160 valence electrons. The fraction of sp³-hybridized carbons (Fsp3) is 0.500. The molecule has 0 aliphatic carbocycles. The van der Waals surface area contributed by atoms with E-state index in [0.717, 1.165) is 48.5 Å². The molecule has 0 radical (unpaired) electrons. The monoisotopic (exact) mass is 409 g/mol. The Morgan fingerprint density at radius 3 is 2.80 bits per heavy atom. The standard InChI is InChI=1S/C22H31N7O/c1-14(2)19-12-24-29-20(19)26-21(28-10-6-8-17(23)13-28)27-22(29)25-15(3)16-7-5-9-18(11-16)30-4/h5,7,9,11-12,14-15,17H,6,8,10,13,23H2,1-4H3,(H,25,26,27). The van der Waals surface area contributed by atoms with Gasteiger partial charge in [0.15, 0.2) is 5.65 Å². The zero-order valence-corrected chi connectivity index (χ0v) is 18.2. The summed E-state index contributed by atoms with van der Waals surface area (Å²) in [6.45, 7) is 8.10. The van der Waals surface area contributed by atoms with E-state index in [1.165, 1.54) is 0 Å². The number of hydrogen-bond donors (Lipinski definition) is 2. The first-order valence-electron chi connectivity index (χ1n) is 10.6. The van der Waals surface area contributed by atoms with Gasteiger partial charge in [0, 0.05) is 24.7 Å². The highest BCUT2D eigenvalue weighted by Gasteiger charge is 2.23. The van der Waals surface area contributed by atoms with Gasteiger partial charge in [0.05, 0.1) is 19.3 Å². The Kier molecular flexibility index (Phi) is 5.76. The molecule has 3 aromatic rings. The summed E-state index contributed by atoms with van der Waals surface area (Å²) in [6, 6.07) is 8.21.